The summed E-state index contributed by atoms with van der Waals surface area (Å²) in [7, 11) is 1.64. The number of halogens is 1. The molecule has 2 aromatic rings. The first-order valence-electron chi connectivity index (χ1n) is 9.19. The van der Waals surface area contributed by atoms with Crippen molar-refractivity contribution in [2.75, 3.05) is 7.11 Å². The number of allylic oxidation sites excluding steroid dienone is 2. The molecule has 1 unspecified atom stereocenters. The van der Waals surface area contributed by atoms with Crippen LogP contribution in [0.1, 0.15) is 25.0 Å². The molecule has 0 fully saturated rings. The van der Waals surface area contributed by atoms with E-state index in [1.807, 2.05) is 62.4 Å². The molecular weight excluding hydrogens is 384 g/mol. The van der Waals surface area contributed by atoms with Gasteiger partial charge in [0.1, 0.15) is 5.60 Å². The maximum atomic E-state index is 12.0. The summed E-state index contributed by atoms with van der Waals surface area (Å²) in [4.78, 5) is 10.7. The van der Waals surface area contributed by atoms with Crippen molar-refractivity contribution in [3.63, 3.8) is 0 Å². The number of nitrogens with one attached hydrogen (secondary N) is 1. The largest absolute Gasteiger partial charge is 0.366 e. The topological polar surface area (TPSA) is 64.3 Å². The van der Waals surface area contributed by atoms with E-state index < -0.39 is 16.5 Å². The van der Waals surface area contributed by atoms with Gasteiger partial charge in [-0.25, -0.2) is 0 Å². The molecule has 1 heterocycles. The van der Waals surface area contributed by atoms with Crippen molar-refractivity contribution in [3.8, 4) is 23.0 Å². The van der Waals surface area contributed by atoms with Crippen LogP contribution in [0.2, 0.25) is 0 Å². The fourth-order valence-corrected chi connectivity index (χ4v) is 3.40. The molecular formula is C24H23ClN2O2. The molecule has 4 nitrogen and oxygen atoms in total. The molecule has 3 N–H and O–H groups in total. The van der Waals surface area contributed by atoms with Gasteiger partial charge in [0.15, 0.2) is 5.00 Å². The number of ether oxygens (including phenoxy) is 1. The Balaban J connectivity index is 2.01. The fraction of sp³-hybridized carbons (Fsp3) is 0.208. The Bertz CT molecular complexity index is 1040. The van der Waals surface area contributed by atoms with Gasteiger partial charge in [-0.05, 0) is 55.5 Å². The monoisotopic (exact) mass is 406 g/mol. The van der Waals surface area contributed by atoms with Crippen molar-refractivity contribution in [1.82, 2.24) is 5.32 Å². The molecule has 148 valence electrons. The zero-order valence-corrected chi connectivity index (χ0v) is 17.4. The summed E-state index contributed by atoms with van der Waals surface area (Å²) in [5, 5.41) is 3.09. The van der Waals surface area contributed by atoms with Crippen molar-refractivity contribution in [2.45, 2.75) is 24.4 Å². The zero-order chi connectivity index (χ0) is 21.1. The second kappa shape index (κ2) is 8.16. The van der Waals surface area contributed by atoms with Gasteiger partial charge >= 0.3 is 0 Å². The lowest BCUT2D eigenvalue weighted by Gasteiger charge is -2.33. The highest BCUT2D eigenvalue weighted by Crippen LogP contribution is 2.41. The van der Waals surface area contributed by atoms with Crippen molar-refractivity contribution in [1.29, 1.82) is 0 Å². The molecule has 0 saturated carbocycles. The predicted octanol–water partition coefficient (Wildman–Crippen LogP) is 4.05. The molecule has 3 rings (SSSR count). The molecule has 1 aliphatic heterocycles. The van der Waals surface area contributed by atoms with Crippen LogP contribution in [-0.2, 0) is 14.5 Å². The third kappa shape index (κ3) is 4.37. The van der Waals surface area contributed by atoms with E-state index in [2.05, 4.69) is 17.2 Å². The van der Waals surface area contributed by atoms with Gasteiger partial charge in [-0.1, -0.05) is 59.8 Å². The number of carbonyl (C=O) groups excluding carboxylic acids is 1. The van der Waals surface area contributed by atoms with Crippen LogP contribution < -0.4 is 11.1 Å². The Kier molecular flexibility index (Phi) is 5.83. The number of methoxy groups -OCH3 is 1. The van der Waals surface area contributed by atoms with Gasteiger partial charge in [-0.15, -0.1) is 0 Å². The number of alkyl halides is 1. The molecule has 1 amide bonds. The molecule has 1 aliphatic rings. The number of hydrogen-bond acceptors (Lipinski definition) is 3. The van der Waals surface area contributed by atoms with Crippen LogP contribution in [0.15, 0.2) is 72.5 Å². The van der Waals surface area contributed by atoms with Crippen LogP contribution >= 0.6 is 11.6 Å². The van der Waals surface area contributed by atoms with Gasteiger partial charge in [0, 0.05) is 18.2 Å². The second-order valence-electron chi connectivity index (χ2n) is 7.19. The smallest absolute Gasteiger partial charge is 0.248 e. The van der Waals surface area contributed by atoms with Crippen molar-refractivity contribution < 1.29 is 9.53 Å². The lowest BCUT2D eigenvalue weighted by molar-refractivity contribution is -0.115. The van der Waals surface area contributed by atoms with E-state index in [1.165, 1.54) is 0 Å². The van der Waals surface area contributed by atoms with Crippen LogP contribution in [0.4, 0.5) is 0 Å². The number of amides is 1. The van der Waals surface area contributed by atoms with Crippen molar-refractivity contribution in [2.24, 2.45) is 5.73 Å². The molecule has 0 spiro atoms. The fourth-order valence-electron chi connectivity index (χ4n) is 3.02. The SMILES string of the molecule is COC(C)(C)C#Cc1ccc(-c2ccccc2C2(Cl)NC=CC=C2C(N)=O)cc1. The molecule has 0 saturated heterocycles. The number of dihydropyridines is 1. The highest BCUT2D eigenvalue weighted by atomic mass is 35.5. The van der Waals surface area contributed by atoms with E-state index >= 15 is 0 Å². The summed E-state index contributed by atoms with van der Waals surface area (Å²) in [6.07, 6.45) is 5.05. The second-order valence-corrected chi connectivity index (χ2v) is 7.76. The molecule has 0 bridgehead atoms. The average Bonchev–Trinajstić information content (AvgIpc) is 2.73. The Hall–Kier alpha value is -3.00. The number of nitrogens with two attached hydrogens (primary N) is 1. The predicted molar refractivity (Wildman–Crippen MR) is 117 cm³/mol. The minimum atomic E-state index is -1.24. The third-order valence-electron chi connectivity index (χ3n) is 4.79. The van der Waals surface area contributed by atoms with Gasteiger partial charge in [-0.2, -0.15) is 0 Å². The maximum absolute atomic E-state index is 12.0. The number of primary amides is 1. The highest BCUT2D eigenvalue weighted by molar-refractivity contribution is 6.29. The number of hydrogen-bond donors (Lipinski definition) is 2. The third-order valence-corrected chi connectivity index (χ3v) is 5.31. The van der Waals surface area contributed by atoms with E-state index in [1.54, 1.807) is 25.5 Å². The Morgan fingerprint density at radius 3 is 2.52 bits per heavy atom. The van der Waals surface area contributed by atoms with Crippen LogP contribution in [0.5, 0.6) is 0 Å². The number of rotatable bonds is 4. The Labute approximate surface area is 176 Å². The summed E-state index contributed by atoms with van der Waals surface area (Å²) in [5.41, 5.74) is 8.84. The van der Waals surface area contributed by atoms with E-state index in [4.69, 9.17) is 22.1 Å². The van der Waals surface area contributed by atoms with Crippen LogP contribution in [0.3, 0.4) is 0 Å². The molecule has 5 heteroatoms. The minimum Gasteiger partial charge on any atom is -0.366 e. The minimum absolute atomic E-state index is 0.290. The lowest BCUT2D eigenvalue weighted by Crippen LogP contribution is -2.42. The molecule has 0 aromatic heterocycles. The summed E-state index contributed by atoms with van der Waals surface area (Å²) < 4.78 is 5.33. The Morgan fingerprint density at radius 2 is 1.86 bits per heavy atom. The van der Waals surface area contributed by atoms with Gasteiger partial charge in [0.2, 0.25) is 5.91 Å². The summed E-state index contributed by atoms with van der Waals surface area (Å²) in [6, 6.07) is 15.5. The molecule has 0 radical (unpaired) electrons. The summed E-state index contributed by atoms with van der Waals surface area (Å²) in [6.45, 7) is 3.83. The van der Waals surface area contributed by atoms with Gasteiger partial charge in [0.05, 0.1) is 5.57 Å². The molecule has 1 atom stereocenters. The quantitative estimate of drug-likeness (QED) is 0.457. The molecule has 0 aliphatic carbocycles. The van der Waals surface area contributed by atoms with E-state index in [0.717, 1.165) is 22.3 Å². The first-order chi connectivity index (χ1) is 13.8. The number of benzene rings is 2. The van der Waals surface area contributed by atoms with E-state index in [0.29, 0.717) is 5.57 Å². The highest BCUT2D eigenvalue weighted by Gasteiger charge is 2.39. The summed E-state index contributed by atoms with van der Waals surface area (Å²) >= 11 is 6.90. The number of carbonyl (C=O) groups is 1. The van der Waals surface area contributed by atoms with Crippen LogP contribution in [-0.4, -0.2) is 18.6 Å². The summed E-state index contributed by atoms with van der Waals surface area (Å²) in [5.74, 6) is 5.66. The van der Waals surface area contributed by atoms with E-state index in [-0.39, 0.29) is 0 Å². The maximum Gasteiger partial charge on any atom is 0.248 e. The van der Waals surface area contributed by atoms with Gasteiger partial charge in [-0.3, -0.25) is 4.79 Å². The zero-order valence-electron chi connectivity index (χ0n) is 16.6. The Morgan fingerprint density at radius 1 is 1.17 bits per heavy atom. The first kappa shape index (κ1) is 20.7. The molecule has 29 heavy (non-hydrogen) atoms. The molecule has 2 aromatic carbocycles. The van der Waals surface area contributed by atoms with Crippen molar-refractivity contribution in [3.05, 3.63) is 83.6 Å². The lowest BCUT2D eigenvalue weighted by atomic mass is 9.88. The van der Waals surface area contributed by atoms with E-state index in [9.17, 15) is 4.79 Å². The van der Waals surface area contributed by atoms with Crippen LogP contribution in [0, 0.1) is 11.8 Å². The van der Waals surface area contributed by atoms with Crippen LogP contribution in [0.25, 0.3) is 11.1 Å². The normalized spacial score (nSPS) is 18.3. The average molecular weight is 407 g/mol. The van der Waals surface area contributed by atoms with Crippen molar-refractivity contribution >= 4 is 17.5 Å². The van der Waals surface area contributed by atoms with Gasteiger partial charge in [0.25, 0.3) is 0 Å². The first-order valence-corrected chi connectivity index (χ1v) is 9.56. The standard InChI is InChI=1S/C24H23ClN2O2/c1-23(2,29-3)15-14-17-10-12-18(13-11-17)19-7-4-5-8-20(19)24(25)21(22(26)28)9-6-16-27-24/h4-13,16,27H,1-3H3,(H2,26,28). The van der Waals surface area contributed by atoms with Gasteiger partial charge < -0.3 is 15.8 Å².